The number of nitrogens with one attached hydrogen (secondary N) is 2. The number of esters is 1. The molecule has 1 fully saturated rings. The third-order valence-electron chi connectivity index (χ3n) is 3.30. The molecule has 0 saturated carbocycles. The van der Waals surface area contributed by atoms with Crippen molar-refractivity contribution in [2.24, 2.45) is 0 Å². The molecule has 0 aliphatic carbocycles. The summed E-state index contributed by atoms with van der Waals surface area (Å²) in [5.74, 6) is 0.635. The number of nitrogen functional groups attached to an aromatic ring is 1. The number of methoxy groups -OCH3 is 1. The van der Waals surface area contributed by atoms with Gasteiger partial charge < -0.3 is 21.1 Å². The van der Waals surface area contributed by atoms with Gasteiger partial charge in [0.05, 0.1) is 13.2 Å². The van der Waals surface area contributed by atoms with Gasteiger partial charge >= 0.3 is 5.97 Å². The molecule has 0 atom stereocenters. The van der Waals surface area contributed by atoms with Crippen molar-refractivity contribution in [2.75, 3.05) is 31.2 Å². The Bertz CT molecular complexity index is 650. The fourth-order valence-electron chi connectivity index (χ4n) is 2.07. The first-order chi connectivity index (χ1) is 10.2. The van der Waals surface area contributed by atoms with Gasteiger partial charge in [0.25, 0.3) is 0 Å². The van der Waals surface area contributed by atoms with Gasteiger partial charge in [-0.3, -0.25) is 0 Å². The van der Waals surface area contributed by atoms with E-state index >= 15 is 0 Å². The molecule has 21 heavy (non-hydrogen) atoms. The van der Waals surface area contributed by atoms with E-state index in [-0.39, 0.29) is 17.4 Å². The highest BCUT2D eigenvalue weighted by Crippen LogP contribution is 2.25. The second kappa shape index (κ2) is 5.41. The molecule has 0 bridgehead atoms. The summed E-state index contributed by atoms with van der Waals surface area (Å²) in [6.07, 6.45) is 1.64. The number of hydrogen-bond donors (Lipinski definition) is 3. The van der Waals surface area contributed by atoms with Crippen molar-refractivity contribution in [3.63, 3.8) is 0 Å². The Balaban J connectivity index is 2.03. The summed E-state index contributed by atoms with van der Waals surface area (Å²) in [5.41, 5.74) is 6.28. The average Bonchev–Trinajstić information content (AvgIpc) is 2.80. The van der Waals surface area contributed by atoms with E-state index in [0.717, 1.165) is 13.1 Å². The van der Waals surface area contributed by atoms with Crippen LogP contribution in [0.4, 0.5) is 11.6 Å². The maximum atomic E-state index is 12.0. The molecule has 3 heterocycles. The Kier molecular flexibility index (Phi) is 3.44. The zero-order chi connectivity index (χ0) is 14.8. The van der Waals surface area contributed by atoms with Gasteiger partial charge in [0.1, 0.15) is 11.4 Å². The lowest BCUT2D eigenvalue weighted by Crippen LogP contribution is -2.51. The maximum absolute atomic E-state index is 12.0. The van der Waals surface area contributed by atoms with Gasteiger partial charge in [0.15, 0.2) is 11.6 Å². The minimum absolute atomic E-state index is 0.204. The number of rotatable bonds is 4. The van der Waals surface area contributed by atoms with Crippen LogP contribution in [0.1, 0.15) is 10.4 Å². The standard InChI is InChI=1S/C13H16N6O2/c1-21-13(20)10-11(14)19(9-4-2-3-5-16-9)18-12(10)17-8-6-15-7-8/h2-5,8,15H,6-7,14H2,1H3,(H,17,18). The van der Waals surface area contributed by atoms with E-state index in [0.29, 0.717) is 11.6 Å². The van der Waals surface area contributed by atoms with E-state index in [4.69, 9.17) is 10.5 Å². The molecule has 0 radical (unpaired) electrons. The molecule has 8 heteroatoms. The monoisotopic (exact) mass is 288 g/mol. The minimum atomic E-state index is -0.524. The van der Waals surface area contributed by atoms with Crippen LogP contribution in [0.15, 0.2) is 24.4 Å². The third-order valence-corrected chi connectivity index (χ3v) is 3.30. The highest BCUT2D eigenvalue weighted by atomic mass is 16.5. The van der Waals surface area contributed by atoms with Crippen LogP contribution in [0, 0.1) is 0 Å². The van der Waals surface area contributed by atoms with E-state index in [1.807, 2.05) is 6.07 Å². The van der Waals surface area contributed by atoms with Gasteiger partial charge in [0.2, 0.25) is 0 Å². The average molecular weight is 288 g/mol. The van der Waals surface area contributed by atoms with E-state index in [2.05, 4.69) is 20.7 Å². The summed E-state index contributed by atoms with van der Waals surface area (Å²) in [4.78, 5) is 16.1. The van der Waals surface area contributed by atoms with Crippen molar-refractivity contribution in [2.45, 2.75) is 6.04 Å². The van der Waals surface area contributed by atoms with Gasteiger partial charge in [-0.05, 0) is 12.1 Å². The summed E-state index contributed by atoms with van der Waals surface area (Å²) in [5, 5.41) is 10.7. The van der Waals surface area contributed by atoms with Crippen LogP contribution in [-0.2, 0) is 4.74 Å². The minimum Gasteiger partial charge on any atom is -0.465 e. The maximum Gasteiger partial charge on any atom is 0.345 e. The normalized spacial score (nSPS) is 14.5. The molecule has 2 aromatic heterocycles. The lowest BCUT2D eigenvalue weighted by atomic mass is 10.2. The van der Waals surface area contributed by atoms with Crippen molar-refractivity contribution in [3.8, 4) is 5.82 Å². The highest BCUT2D eigenvalue weighted by molar-refractivity contribution is 6.00. The topological polar surface area (TPSA) is 107 Å². The lowest BCUT2D eigenvalue weighted by molar-refractivity contribution is 0.0603. The summed E-state index contributed by atoms with van der Waals surface area (Å²) in [6, 6.07) is 5.60. The van der Waals surface area contributed by atoms with Crippen LogP contribution in [0.3, 0.4) is 0 Å². The molecule has 3 rings (SSSR count). The zero-order valence-corrected chi connectivity index (χ0v) is 11.5. The molecular formula is C13H16N6O2. The molecule has 1 aliphatic rings. The number of hydrogen-bond acceptors (Lipinski definition) is 7. The molecule has 0 unspecified atom stereocenters. The van der Waals surface area contributed by atoms with Crippen LogP contribution >= 0.6 is 0 Å². The van der Waals surface area contributed by atoms with Crippen molar-refractivity contribution in [3.05, 3.63) is 30.0 Å². The number of carbonyl (C=O) groups excluding carboxylic acids is 1. The molecule has 110 valence electrons. The van der Waals surface area contributed by atoms with Crippen molar-refractivity contribution >= 4 is 17.6 Å². The first-order valence-electron chi connectivity index (χ1n) is 6.56. The van der Waals surface area contributed by atoms with Crippen molar-refractivity contribution in [1.82, 2.24) is 20.1 Å². The quantitative estimate of drug-likeness (QED) is 0.681. The van der Waals surface area contributed by atoms with Gasteiger partial charge in [-0.15, -0.1) is 5.10 Å². The zero-order valence-electron chi connectivity index (χ0n) is 11.5. The summed E-state index contributed by atoms with van der Waals surface area (Å²) < 4.78 is 6.22. The number of nitrogens with zero attached hydrogens (tertiary/aromatic N) is 3. The Morgan fingerprint density at radius 2 is 2.33 bits per heavy atom. The molecule has 1 aliphatic heterocycles. The summed E-state index contributed by atoms with van der Waals surface area (Å²) >= 11 is 0. The molecule has 0 amide bonds. The second-order valence-electron chi connectivity index (χ2n) is 4.70. The number of aromatic nitrogens is 3. The van der Waals surface area contributed by atoms with Crippen molar-refractivity contribution < 1.29 is 9.53 Å². The van der Waals surface area contributed by atoms with E-state index in [1.54, 1.807) is 18.3 Å². The Labute approximate surface area is 121 Å². The molecule has 1 saturated heterocycles. The Hall–Kier alpha value is -2.61. The number of carbonyl (C=O) groups is 1. The highest BCUT2D eigenvalue weighted by Gasteiger charge is 2.27. The lowest BCUT2D eigenvalue weighted by Gasteiger charge is -2.28. The third kappa shape index (κ3) is 2.40. The SMILES string of the molecule is COC(=O)c1c(NC2CNC2)nn(-c2ccccn2)c1N. The summed E-state index contributed by atoms with van der Waals surface area (Å²) in [7, 11) is 1.31. The summed E-state index contributed by atoms with van der Waals surface area (Å²) in [6.45, 7) is 1.63. The number of nitrogens with two attached hydrogens (primary N) is 1. The molecule has 2 aromatic rings. The van der Waals surface area contributed by atoms with Gasteiger partial charge in [-0.1, -0.05) is 6.07 Å². The first kappa shape index (κ1) is 13.4. The molecular weight excluding hydrogens is 272 g/mol. The number of ether oxygens (including phenoxy) is 1. The predicted octanol–water partition coefficient (Wildman–Crippen LogP) is 0.0198. The predicted molar refractivity (Wildman–Crippen MR) is 77.4 cm³/mol. The van der Waals surface area contributed by atoms with Gasteiger partial charge in [0, 0.05) is 19.3 Å². The van der Waals surface area contributed by atoms with Crippen LogP contribution in [-0.4, -0.2) is 47.0 Å². The van der Waals surface area contributed by atoms with Crippen molar-refractivity contribution in [1.29, 1.82) is 0 Å². The van der Waals surface area contributed by atoms with Crippen LogP contribution < -0.4 is 16.4 Å². The Morgan fingerprint density at radius 3 is 2.90 bits per heavy atom. The Morgan fingerprint density at radius 1 is 1.52 bits per heavy atom. The fourth-order valence-corrected chi connectivity index (χ4v) is 2.07. The van der Waals surface area contributed by atoms with Crippen LogP contribution in [0.2, 0.25) is 0 Å². The van der Waals surface area contributed by atoms with E-state index < -0.39 is 5.97 Å². The van der Waals surface area contributed by atoms with Gasteiger partial charge in [-0.2, -0.15) is 4.68 Å². The molecule has 0 aromatic carbocycles. The molecule has 8 nitrogen and oxygen atoms in total. The smallest absolute Gasteiger partial charge is 0.345 e. The molecule has 4 N–H and O–H groups in total. The number of anilines is 2. The number of pyridine rings is 1. The van der Waals surface area contributed by atoms with Crippen LogP contribution in [0.25, 0.3) is 5.82 Å². The largest absolute Gasteiger partial charge is 0.465 e. The van der Waals surface area contributed by atoms with Crippen LogP contribution in [0.5, 0.6) is 0 Å². The molecule has 0 spiro atoms. The second-order valence-corrected chi connectivity index (χ2v) is 4.70. The first-order valence-corrected chi connectivity index (χ1v) is 6.56. The fraction of sp³-hybridized carbons (Fsp3) is 0.308. The van der Waals surface area contributed by atoms with E-state index in [1.165, 1.54) is 11.8 Å². The van der Waals surface area contributed by atoms with E-state index in [9.17, 15) is 4.79 Å². The van der Waals surface area contributed by atoms with Gasteiger partial charge in [-0.25, -0.2) is 9.78 Å².